The zero-order chi connectivity index (χ0) is 24.9. The molecule has 0 bridgehead atoms. The van der Waals surface area contributed by atoms with Crippen molar-refractivity contribution in [3.05, 3.63) is 71.7 Å². The summed E-state index contributed by atoms with van der Waals surface area (Å²) in [4.78, 5) is 16.9. The number of pyridine rings is 1. The Morgan fingerprint density at radius 3 is 2.57 bits per heavy atom. The fourth-order valence-corrected chi connectivity index (χ4v) is 4.21. The zero-order valence-electron chi connectivity index (χ0n) is 20.2. The molecule has 1 fully saturated rings. The van der Waals surface area contributed by atoms with Gasteiger partial charge in [-0.25, -0.2) is 4.39 Å². The highest BCUT2D eigenvalue weighted by Gasteiger charge is 2.29. The van der Waals surface area contributed by atoms with Crippen molar-refractivity contribution in [3.63, 3.8) is 0 Å². The molecule has 4 rings (SSSR count). The first-order valence-corrected chi connectivity index (χ1v) is 12.3. The molecule has 5 nitrogen and oxygen atoms in total. The fourth-order valence-electron chi connectivity index (χ4n) is 4.21. The maximum atomic E-state index is 13.7. The van der Waals surface area contributed by atoms with E-state index < -0.39 is 18.2 Å². The largest absolute Gasteiger partial charge is 0.463 e. The number of halogens is 1. The van der Waals surface area contributed by atoms with Crippen LogP contribution in [0.1, 0.15) is 63.1 Å². The highest BCUT2D eigenvalue weighted by molar-refractivity contribution is 5.99. The standard InChI is InChI=1S/C29H32FNO4/c1-3-18(2)35-27(34)17-23(33)16-22(32)14-15-25-28(19-10-12-21(30)13-11-19)24-6-4-5-7-26(24)31-29(25)20-8-9-20/h4-7,10-15,18,20,22-23,32-33H,3,8-9,16-17H2,1-2H3/b15-14+. The molecule has 1 aromatic heterocycles. The van der Waals surface area contributed by atoms with E-state index in [2.05, 4.69) is 0 Å². The highest BCUT2D eigenvalue weighted by atomic mass is 19.1. The summed E-state index contributed by atoms with van der Waals surface area (Å²) in [5.74, 6) is -0.434. The van der Waals surface area contributed by atoms with Crippen LogP contribution in [0.3, 0.4) is 0 Å². The van der Waals surface area contributed by atoms with E-state index in [-0.39, 0.29) is 24.8 Å². The molecular formula is C29H32FNO4. The van der Waals surface area contributed by atoms with Crippen molar-refractivity contribution in [2.75, 3.05) is 0 Å². The van der Waals surface area contributed by atoms with Crippen LogP contribution in [0.4, 0.5) is 4.39 Å². The molecule has 0 saturated heterocycles. The third kappa shape index (κ3) is 6.32. The Hall–Kier alpha value is -3.09. The maximum absolute atomic E-state index is 13.7. The highest BCUT2D eigenvalue weighted by Crippen LogP contribution is 2.45. The molecule has 2 aromatic carbocycles. The normalized spacial score (nSPS) is 16.4. The summed E-state index contributed by atoms with van der Waals surface area (Å²) in [6.07, 6.45) is 3.95. The topological polar surface area (TPSA) is 79.7 Å². The number of aliphatic hydroxyl groups is 2. The number of carbonyl (C=O) groups excluding carboxylic acids is 1. The lowest BCUT2D eigenvalue weighted by molar-refractivity contribution is -0.150. The monoisotopic (exact) mass is 477 g/mol. The second-order valence-corrected chi connectivity index (χ2v) is 9.31. The van der Waals surface area contributed by atoms with E-state index in [1.54, 1.807) is 25.1 Å². The molecule has 184 valence electrons. The van der Waals surface area contributed by atoms with Gasteiger partial charge in [-0.2, -0.15) is 0 Å². The molecule has 0 amide bonds. The van der Waals surface area contributed by atoms with Gasteiger partial charge in [0.1, 0.15) is 5.82 Å². The molecule has 1 aliphatic carbocycles. The van der Waals surface area contributed by atoms with Crippen LogP contribution in [0.5, 0.6) is 0 Å². The van der Waals surface area contributed by atoms with Crippen molar-refractivity contribution in [1.29, 1.82) is 0 Å². The van der Waals surface area contributed by atoms with Crippen LogP contribution in [-0.2, 0) is 9.53 Å². The smallest absolute Gasteiger partial charge is 0.308 e. The average molecular weight is 478 g/mol. The van der Waals surface area contributed by atoms with Crippen molar-refractivity contribution in [2.24, 2.45) is 0 Å². The van der Waals surface area contributed by atoms with Crippen LogP contribution < -0.4 is 0 Å². The lowest BCUT2D eigenvalue weighted by Gasteiger charge is -2.17. The first-order valence-electron chi connectivity index (χ1n) is 12.3. The summed E-state index contributed by atoms with van der Waals surface area (Å²) in [5.41, 5.74) is 4.54. The van der Waals surface area contributed by atoms with Crippen molar-refractivity contribution in [3.8, 4) is 11.1 Å². The van der Waals surface area contributed by atoms with E-state index in [1.165, 1.54) is 12.1 Å². The summed E-state index contributed by atoms with van der Waals surface area (Å²) in [5, 5.41) is 21.8. The van der Waals surface area contributed by atoms with Crippen LogP contribution in [0.15, 0.2) is 54.6 Å². The number of rotatable bonds is 10. The molecule has 3 unspecified atom stereocenters. The number of fused-ring (bicyclic) bond motifs is 1. The molecule has 1 aliphatic rings. The van der Waals surface area contributed by atoms with Gasteiger partial charge in [-0.05, 0) is 49.9 Å². The minimum Gasteiger partial charge on any atom is -0.463 e. The van der Waals surface area contributed by atoms with Crippen LogP contribution >= 0.6 is 0 Å². The van der Waals surface area contributed by atoms with Gasteiger partial charge in [-0.15, -0.1) is 0 Å². The quantitative estimate of drug-likeness (QED) is 0.362. The maximum Gasteiger partial charge on any atom is 0.308 e. The molecule has 0 radical (unpaired) electrons. The van der Waals surface area contributed by atoms with Gasteiger partial charge in [0.2, 0.25) is 0 Å². The van der Waals surface area contributed by atoms with E-state index in [9.17, 15) is 19.4 Å². The Morgan fingerprint density at radius 2 is 1.89 bits per heavy atom. The number of hydrogen-bond acceptors (Lipinski definition) is 5. The Labute approximate surface area is 205 Å². The first-order chi connectivity index (χ1) is 16.9. The van der Waals surface area contributed by atoms with E-state index in [0.717, 1.165) is 46.1 Å². The second-order valence-electron chi connectivity index (χ2n) is 9.31. The van der Waals surface area contributed by atoms with Gasteiger partial charge in [0.05, 0.1) is 35.9 Å². The molecule has 1 heterocycles. The summed E-state index contributed by atoms with van der Waals surface area (Å²) >= 11 is 0. The van der Waals surface area contributed by atoms with Crippen LogP contribution in [0.2, 0.25) is 0 Å². The molecule has 3 atom stereocenters. The summed E-state index contributed by atoms with van der Waals surface area (Å²) in [6.45, 7) is 3.72. The lowest BCUT2D eigenvalue weighted by atomic mass is 9.92. The first kappa shape index (κ1) is 25.0. The Morgan fingerprint density at radius 1 is 1.17 bits per heavy atom. The fraction of sp³-hybridized carbons (Fsp3) is 0.379. The van der Waals surface area contributed by atoms with Crippen molar-refractivity contribution in [2.45, 2.75) is 70.2 Å². The molecule has 3 aromatic rings. The molecule has 1 saturated carbocycles. The summed E-state index contributed by atoms with van der Waals surface area (Å²) in [7, 11) is 0. The van der Waals surface area contributed by atoms with E-state index in [1.807, 2.05) is 37.3 Å². The van der Waals surface area contributed by atoms with Gasteiger partial charge in [0, 0.05) is 28.9 Å². The third-order valence-corrected chi connectivity index (χ3v) is 6.36. The molecule has 0 spiro atoms. The minimum absolute atomic E-state index is 0.0117. The number of nitrogens with zero attached hydrogens (tertiary/aromatic N) is 1. The third-order valence-electron chi connectivity index (χ3n) is 6.36. The van der Waals surface area contributed by atoms with Crippen LogP contribution in [0, 0.1) is 5.82 Å². The lowest BCUT2D eigenvalue weighted by Crippen LogP contribution is -2.23. The van der Waals surface area contributed by atoms with E-state index in [0.29, 0.717) is 12.3 Å². The Kier molecular flexibility index (Phi) is 7.93. The summed E-state index contributed by atoms with van der Waals surface area (Å²) < 4.78 is 18.9. The van der Waals surface area contributed by atoms with Crippen molar-refractivity contribution in [1.82, 2.24) is 4.98 Å². The van der Waals surface area contributed by atoms with Crippen LogP contribution in [0.25, 0.3) is 28.1 Å². The Bertz CT molecular complexity index is 1200. The predicted molar refractivity (Wildman–Crippen MR) is 135 cm³/mol. The van der Waals surface area contributed by atoms with Gasteiger partial charge in [-0.3, -0.25) is 9.78 Å². The number of aromatic nitrogens is 1. The van der Waals surface area contributed by atoms with Gasteiger partial charge in [0.25, 0.3) is 0 Å². The second kappa shape index (κ2) is 11.1. The molecule has 0 aliphatic heterocycles. The number of aliphatic hydroxyl groups excluding tert-OH is 2. The van der Waals surface area contributed by atoms with Crippen molar-refractivity contribution < 1.29 is 24.1 Å². The number of ether oxygens (including phenoxy) is 1. The number of carbonyl (C=O) groups is 1. The van der Waals surface area contributed by atoms with Crippen molar-refractivity contribution >= 4 is 22.9 Å². The number of hydrogen-bond donors (Lipinski definition) is 2. The van der Waals surface area contributed by atoms with E-state index in [4.69, 9.17) is 9.72 Å². The zero-order valence-corrected chi connectivity index (χ0v) is 20.2. The molecule has 2 N–H and O–H groups in total. The average Bonchev–Trinajstić information content (AvgIpc) is 3.67. The molecule has 35 heavy (non-hydrogen) atoms. The van der Waals surface area contributed by atoms with E-state index >= 15 is 0 Å². The van der Waals surface area contributed by atoms with Gasteiger partial charge < -0.3 is 14.9 Å². The van der Waals surface area contributed by atoms with Gasteiger partial charge in [0.15, 0.2) is 0 Å². The van der Waals surface area contributed by atoms with Crippen LogP contribution in [-0.4, -0.2) is 39.5 Å². The minimum atomic E-state index is -1.01. The number of para-hydroxylation sites is 1. The Balaban J connectivity index is 1.63. The van der Waals surface area contributed by atoms with Gasteiger partial charge in [-0.1, -0.05) is 49.4 Å². The summed E-state index contributed by atoms with van der Waals surface area (Å²) in [6, 6.07) is 14.3. The SMILES string of the molecule is CCC(C)OC(=O)CC(O)CC(O)/C=C/c1c(C2CC2)nc2ccccc2c1-c1ccc(F)cc1. The number of benzene rings is 2. The molecule has 6 heteroatoms. The van der Waals surface area contributed by atoms with Gasteiger partial charge >= 0.3 is 5.97 Å². The number of esters is 1. The molecular weight excluding hydrogens is 445 g/mol. The predicted octanol–water partition coefficient (Wildman–Crippen LogP) is 5.78.